The summed E-state index contributed by atoms with van der Waals surface area (Å²) in [6.45, 7) is 4.69. The summed E-state index contributed by atoms with van der Waals surface area (Å²) in [7, 11) is 0. The maximum atomic E-state index is 13.4. The summed E-state index contributed by atoms with van der Waals surface area (Å²) in [5.41, 5.74) is 4.31. The first-order valence-electron chi connectivity index (χ1n) is 12.9. The minimum atomic E-state index is -0.360. The van der Waals surface area contributed by atoms with Crippen LogP contribution in [0.2, 0.25) is 0 Å². The fourth-order valence-electron chi connectivity index (χ4n) is 4.42. The van der Waals surface area contributed by atoms with E-state index in [1.807, 2.05) is 43.5 Å². The second-order valence-electron chi connectivity index (χ2n) is 9.17. The molecule has 1 aliphatic heterocycles. The zero-order valence-corrected chi connectivity index (χ0v) is 23.1. The Balaban J connectivity index is 1.43. The minimum Gasteiger partial charge on any atom is -0.475 e. The number of aliphatic hydroxyl groups is 1. The van der Waals surface area contributed by atoms with E-state index in [-0.39, 0.29) is 30.6 Å². The third-order valence-corrected chi connectivity index (χ3v) is 7.17. The fourth-order valence-corrected chi connectivity index (χ4v) is 4.97. The molecule has 2 aromatic heterocycles. The van der Waals surface area contributed by atoms with Crippen LogP contribution in [0.1, 0.15) is 16.1 Å². The lowest BCUT2D eigenvalue weighted by Crippen LogP contribution is -2.36. The van der Waals surface area contributed by atoms with Crippen LogP contribution in [0, 0.1) is 12.7 Å². The highest BCUT2D eigenvalue weighted by atomic mass is 32.2. The molecule has 1 aliphatic rings. The molecule has 0 bridgehead atoms. The molecule has 40 heavy (non-hydrogen) atoms. The maximum absolute atomic E-state index is 13.4. The highest BCUT2D eigenvalue weighted by molar-refractivity contribution is 7.98. The molecule has 0 saturated carbocycles. The molecule has 0 radical (unpaired) electrons. The smallest absolute Gasteiger partial charge is 0.276 e. The first-order valence-corrected chi connectivity index (χ1v) is 14.1. The Labute approximate surface area is 235 Å². The van der Waals surface area contributed by atoms with Crippen LogP contribution < -0.4 is 15.0 Å². The third-order valence-electron chi connectivity index (χ3n) is 6.46. The topological polar surface area (TPSA) is 102 Å². The molecule has 1 saturated heterocycles. The van der Waals surface area contributed by atoms with E-state index in [0.29, 0.717) is 43.6 Å². The number of carbonyl (C=O) groups is 1. The third kappa shape index (κ3) is 6.27. The van der Waals surface area contributed by atoms with Crippen molar-refractivity contribution in [1.82, 2.24) is 14.8 Å². The number of aliphatic hydroxyl groups excluding tert-OH is 1. The van der Waals surface area contributed by atoms with Gasteiger partial charge in [0.1, 0.15) is 23.3 Å². The molecule has 5 rings (SSSR count). The number of hydrogen-bond acceptors (Lipinski definition) is 8. The van der Waals surface area contributed by atoms with Gasteiger partial charge < -0.3 is 24.8 Å². The molecule has 2 N–H and O–H groups in total. The SMILES string of the molecule is CSc1cc(C(=O)Nc2ccc(C)c(-c3cc(OCCO)nc(N4CCOCC4)c3)c2)nn1-c1ccc(F)cc1. The number of hydrogen-bond donors (Lipinski definition) is 2. The number of aryl methyl sites for hydroxylation is 1. The number of thioether (sulfide) groups is 1. The molecule has 0 unspecified atom stereocenters. The Hall–Kier alpha value is -3.93. The van der Waals surface area contributed by atoms with Crippen molar-refractivity contribution >= 4 is 29.2 Å². The van der Waals surface area contributed by atoms with Crippen LogP contribution in [0.5, 0.6) is 5.88 Å². The lowest BCUT2D eigenvalue weighted by atomic mass is 10.00. The number of benzene rings is 2. The van der Waals surface area contributed by atoms with Gasteiger partial charge in [0.05, 0.1) is 25.5 Å². The van der Waals surface area contributed by atoms with Gasteiger partial charge in [-0.3, -0.25) is 4.79 Å². The van der Waals surface area contributed by atoms with E-state index in [9.17, 15) is 14.3 Å². The van der Waals surface area contributed by atoms with Crippen LogP contribution in [0.3, 0.4) is 0 Å². The molecule has 1 fully saturated rings. The lowest BCUT2D eigenvalue weighted by Gasteiger charge is -2.28. The van der Waals surface area contributed by atoms with Crippen molar-refractivity contribution in [3.05, 3.63) is 77.7 Å². The number of rotatable bonds is 9. The maximum Gasteiger partial charge on any atom is 0.276 e. The number of nitrogens with zero attached hydrogens (tertiary/aromatic N) is 4. The standard InChI is InChI=1S/C29H30FN5O4S/c1-19-3-6-22(31-29(37)25-18-28(40-2)35(33-25)23-7-4-21(30)5-8-23)17-24(19)20-15-26(34-9-12-38-13-10-34)32-27(16-20)39-14-11-36/h3-8,15-18,36H,9-14H2,1-2H3,(H,31,37). The second kappa shape index (κ2) is 12.5. The Morgan fingerprint density at radius 3 is 2.62 bits per heavy atom. The van der Waals surface area contributed by atoms with Crippen LogP contribution in [-0.2, 0) is 4.74 Å². The van der Waals surface area contributed by atoms with Crippen molar-refractivity contribution < 1.29 is 23.8 Å². The summed E-state index contributed by atoms with van der Waals surface area (Å²) in [4.78, 5) is 20.0. The largest absolute Gasteiger partial charge is 0.475 e. The number of halogens is 1. The molecular formula is C29H30FN5O4S. The average molecular weight is 564 g/mol. The van der Waals surface area contributed by atoms with Crippen LogP contribution in [0.4, 0.5) is 15.9 Å². The predicted molar refractivity (Wildman–Crippen MR) is 153 cm³/mol. The summed E-state index contributed by atoms with van der Waals surface area (Å²) in [6, 6.07) is 17.2. The van der Waals surface area contributed by atoms with Crippen LogP contribution in [0.25, 0.3) is 16.8 Å². The van der Waals surface area contributed by atoms with Gasteiger partial charge in [-0.1, -0.05) is 6.07 Å². The summed E-state index contributed by atoms with van der Waals surface area (Å²) in [6.07, 6.45) is 1.89. The molecule has 9 nitrogen and oxygen atoms in total. The van der Waals surface area contributed by atoms with Crippen LogP contribution in [-0.4, -0.2) is 71.6 Å². The number of carbonyl (C=O) groups excluding carboxylic acids is 1. The van der Waals surface area contributed by atoms with Gasteiger partial charge in [0.2, 0.25) is 5.88 Å². The van der Waals surface area contributed by atoms with Crippen LogP contribution >= 0.6 is 11.8 Å². The first kappa shape index (κ1) is 27.6. The monoisotopic (exact) mass is 563 g/mol. The Morgan fingerprint density at radius 2 is 1.90 bits per heavy atom. The van der Waals surface area contributed by atoms with E-state index in [4.69, 9.17) is 9.47 Å². The summed E-state index contributed by atoms with van der Waals surface area (Å²) >= 11 is 1.44. The molecule has 4 aromatic rings. The van der Waals surface area contributed by atoms with E-state index >= 15 is 0 Å². The van der Waals surface area contributed by atoms with Gasteiger partial charge in [0, 0.05) is 30.9 Å². The molecule has 11 heteroatoms. The van der Waals surface area contributed by atoms with Crippen LogP contribution in [0.15, 0.2) is 65.7 Å². The van der Waals surface area contributed by atoms with Gasteiger partial charge in [-0.25, -0.2) is 9.07 Å². The molecule has 0 atom stereocenters. The molecule has 2 aromatic carbocycles. The quantitative estimate of drug-likeness (QED) is 0.286. The van der Waals surface area contributed by atoms with Gasteiger partial charge >= 0.3 is 0 Å². The van der Waals surface area contributed by atoms with Gasteiger partial charge in [-0.2, -0.15) is 10.1 Å². The molecule has 0 spiro atoms. The number of pyridine rings is 1. The number of aromatic nitrogens is 3. The molecule has 1 amide bonds. The van der Waals surface area contributed by atoms with Gasteiger partial charge in [0.25, 0.3) is 5.91 Å². The Bertz CT molecular complexity index is 1490. The highest BCUT2D eigenvalue weighted by Crippen LogP contribution is 2.32. The van der Waals surface area contributed by atoms with E-state index in [2.05, 4.69) is 20.3 Å². The van der Waals surface area contributed by atoms with E-state index in [0.717, 1.165) is 27.5 Å². The van der Waals surface area contributed by atoms with Crippen molar-refractivity contribution in [1.29, 1.82) is 0 Å². The van der Waals surface area contributed by atoms with Gasteiger partial charge in [0.15, 0.2) is 5.69 Å². The van der Waals surface area contributed by atoms with Crippen molar-refractivity contribution in [3.63, 3.8) is 0 Å². The summed E-state index contributed by atoms with van der Waals surface area (Å²) in [5.74, 6) is 0.478. The van der Waals surface area contributed by atoms with Gasteiger partial charge in [-0.15, -0.1) is 11.8 Å². The number of amides is 1. The number of anilines is 2. The number of nitrogens with one attached hydrogen (secondary N) is 1. The molecule has 3 heterocycles. The zero-order chi connectivity index (χ0) is 28.1. The average Bonchev–Trinajstić information content (AvgIpc) is 3.42. The summed E-state index contributed by atoms with van der Waals surface area (Å²) < 4.78 is 26.2. The van der Waals surface area contributed by atoms with Gasteiger partial charge in [-0.05, 0) is 72.3 Å². The minimum absolute atomic E-state index is 0.117. The zero-order valence-electron chi connectivity index (χ0n) is 22.3. The normalized spacial score (nSPS) is 13.3. The fraction of sp³-hybridized carbons (Fsp3) is 0.276. The van der Waals surface area contributed by atoms with Crippen molar-refractivity contribution in [3.8, 4) is 22.7 Å². The second-order valence-corrected chi connectivity index (χ2v) is 9.99. The summed E-state index contributed by atoms with van der Waals surface area (Å²) in [5, 5.41) is 17.4. The van der Waals surface area contributed by atoms with E-state index in [1.165, 1.54) is 23.9 Å². The molecule has 208 valence electrons. The molecular weight excluding hydrogens is 533 g/mol. The Morgan fingerprint density at radius 1 is 1.12 bits per heavy atom. The van der Waals surface area contributed by atoms with E-state index in [1.54, 1.807) is 22.9 Å². The predicted octanol–water partition coefficient (Wildman–Crippen LogP) is 4.56. The Kier molecular flexibility index (Phi) is 8.63. The number of ether oxygens (including phenoxy) is 2. The van der Waals surface area contributed by atoms with E-state index < -0.39 is 0 Å². The highest BCUT2D eigenvalue weighted by Gasteiger charge is 2.18. The lowest BCUT2D eigenvalue weighted by molar-refractivity contribution is 0.102. The van der Waals surface area contributed by atoms with Crippen molar-refractivity contribution in [2.45, 2.75) is 11.9 Å². The molecule has 0 aliphatic carbocycles. The first-order chi connectivity index (χ1) is 19.4. The number of morpholine rings is 1. The van der Waals surface area contributed by atoms with Crippen molar-refractivity contribution in [2.24, 2.45) is 0 Å². The van der Waals surface area contributed by atoms with Crippen molar-refractivity contribution in [2.75, 3.05) is 56.0 Å².